The van der Waals surface area contributed by atoms with Crippen molar-refractivity contribution in [3.63, 3.8) is 0 Å². The number of hydrogen-bond acceptors (Lipinski definition) is 3. The van der Waals surface area contributed by atoms with Gasteiger partial charge in [-0.25, -0.2) is 0 Å². The summed E-state index contributed by atoms with van der Waals surface area (Å²) in [6.07, 6.45) is 1.66. The van der Waals surface area contributed by atoms with Crippen molar-refractivity contribution in [3.8, 4) is 11.8 Å². The molecule has 2 rings (SSSR count). The lowest BCUT2D eigenvalue weighted by Crippen LogP contribution is -2.35. The molecule has 4 heteroatoms. The van der Waals surface area contributed by atoms with E-state index in [1.807, 2.05) is 38.2 Å². The van der Waals surface area contributed by atoms with E-state index in [-0.39, 0.29) is 18.1 Å². The van der Waals surface area contributed by atoms with E-state index in [1.165, 1.54) is 0 Å². The van der Waals surface area contributed by atoms with E-state index in [0.29, 0.717) is 13.1 Å². The molecule has 1 amide bonds. The standard InChI is InChI=1S/C17H22N2O2/c1-13-8-9-16(21-13)17(20)19(2)12-15-6-3-5-14(11-15)7-4-10-18/h3,5-6,11,13,16H,8-10,12,18H2,1-2H3. The van der Waals surface area contributed by atoms with E-state index >= 15 is 0 Å². The van der Waals surface area contributed by atoms with Gasteiger partial charge in [0.15, 0.2) is 0 Å². The third-order valence-corrected chi connectivity index (χ3v) is 3.57. The molecule has 1 aliphatic rings. The molecule has 112 valence electrons. The Kier molecular flexibility index (Phi) is 5.38. The fourth-order valence-corrected chi connectivity index (χ4v) is 2.48. The molecular weight excluding hydrogens is 264 g/mol. The smallest absolute Gasteiger partial charge is 0.251 e. The second kappa shape index (κ2) is 7.26. The molecule has 1 saturated heterocycles. The van der Waals surface area contributed by atoms with Gasteiger partial charge in [-0.2, -0.15) is 0 Å². The Labute approximate surface area is 126 Å². The molecule has 1 heterocycles. The molecule has 2 atom stereocenters. The molecule has 0 saturated carbocycles. The summed E-state index contributed by atoms with van der Waals surface area (Å²) in [4.78, 5) is 14.0. The summed E-state index contributed by atoms with van der Waals surface area (Å²) in [7, 11) is 1.81. The van der Waals surface area contributed by atoms with Crippen LogP contribution >= 0.6 is 0 Å². The number of nitrogens with zero attached hydrogens (tertiary/aromatic N) is 1. The van der Waals surface area contributed by atoms with Crippen molar-refractivity contribution in [2.45, 2.75) is 38.5 Å². The Balaban J connectivity index is 1.99. The first kappa shape index (κ1) is 15.6. The average Bonchev–Trinajstić information content (AvgIpc) is 2.91. The van der Waals surface area contributed by atoms with Crippen molar-refractivity contribution in [2.24, 2.45) is 5.73 Å². The zero-order valence-electron chi connectivity index (χ0n) is 12.6. The minimum absolute atomic E-state index is 0.0535. The monoisotopic (exact) mass is 286 g/mol. The lowest BCUT2D eigenvalue weighted by molar-refractivity contribution is -0.141. The van der Waals surface area contributed by atoms with Gasteiger partial charge in [-0.3, -0.25) is 4.79 Å². The predicted octanol–water partition coefficient (Wildman–Crippen LogP) is 1.52. The topological polar surface area (TPSA) is 55.6 Å². The van der Waals surface area contributed by atoms with Gasteiger partial charge in [0.05, 0.1) is 12.6 Å². The SMILES string of the molecule is CC1CCC(C(=O)N(C)Cc2cccc(C#CCN)c2)O1. The highest BCUT2D eigenvalue weighted by molar-refractivity contribution is 5.81. The molecule has 0 spiro atoms. The minimum atomic E-state index is -0.287. The van der Waals surface area contributed by atoms with Crippen LogP contribution in [0.1, 0.15) is 30.9 Å². The number of hydrogen-bond donors (Lipinski definition) is 1. The summed E-state index contributed by atoms with van der Waals surface area (Å²) in [5.41, 5.74) is 7.35. The second-order valence-corrected chi connectivity index (χ2v) is 5.41. The molecular formula is C17H22N2O2. The maximum Gasteiger partial charge on any atom is 0.251 e. The summed E-state index contributed by atoms with van der Waals surface area (Å²) in [6.45, 7) is 2.91. The highest BCUT2D eigenvalue weighted by atomic mass is 16.5. The lowest BCUT2D eigenvalue weighted by atomic mass is 10.1. The number of amides is 1. The van der Waals surface area contributed by atoms with Crippen LogP contribution in [0, 0.1) is 11.8 Å². The zero-order chi connectivity index (χ0) is 15.2. The van der Waals surface area contributed by atoms with E-state index < -0.39 is 0 Å². The van der Waals surface area contributed by atoms with Crippen molar-refractivity contribution in [3.05, 3.63) is 35.4 Å². The van der Waals surface area contributed by atoms with Crippen molar-refractivity contribution in [2.75, 3.05) is 13.6 Å². The third kappa shape index (κ3) is 4.32. The number of rotatable bonds is 3. The molecule has 0 aromatic heterocycles. The Morgan fingerprint density at radius 2 is 2.29 bits per heavy atom. The highest BCUT2D eigenvalue weighted by Gasteiger charge is 2.30. The van der Waals surface area contributed by atoms with Gasteiger partial charge >= 0.3 is 0 Å². The van der Waals surface area contributed by atoms with E-state index in [9.17, 15) is 4.79 Å². The molecule has 0 bridgehead atoms. The molecule has 2 N–H and O–H groups in total. The first-order valence-electron chi connectivity index (χ1n) is 7.28. The lowest BCUT2D eigenvalue weighted by Gasteiger charge is -2.21. The Hall–Kier alpha value is -1.83. The maximum atomic E-state index is 12.3. The molecule has 2 unspecified atom stereocenters. The molecule has 1 aliphatic heterocycles. The van der Waals surface area contributed by atoms with Crippen LogP contribution in [0.2, 0.25) is 0 Å². The first-order valence-corrected chi connectivity index (χ1v) is 7.28. The molecule has 1 aromatic rings. The Bertz CT molecular complexity index is 559. The van der Waals surface area contributed by atoms with Gasteiger partial charge in [-0.1, -0.05) is 24.0 Å². The largest absolute Gasteiger partial charge is 0.365 e. The highest BCUT2D eigenvalue weighted by Crippen LogP contribution is 2.21. The molecule has 0 radical (unpaired) electrons. The van der Waals surface area contributed by atoms with Crippen molar-refractivity contribution >= 4 is 5.91 Å². The van der Waals surface area contributed by atoms with Gasteiger partial charge in [0.2, 0.25) is 0 Å². The summed E-state index contributed by atoms with van der Waals surface area (Å²) in [5.74, 6) is 5.89. The van der Waals surface area contributed by atoms with Gasteiger partial charge in [-0.05, 0) is 37.5 Å². The fourth-order valence-electron chi connectivity index (χ4n) is 2.48. The minimum Gasteiger partial charge on any atom is -0.365 e. The van der Waals surface area contributed by atoms with Gasteiger partial charge < -0.3 is 15.4 Å². The average molecular weight is 286 g/mol. The first-order chi connectivity index (χ1) is 10.1. The second-order valence-electron chi connectivity index (χ2n) is 5.41. The normalized spacial score (nSPS) is 20.7. The van der Waals surface area contributed by atoms with Gasteiger partial charge in [0, 0.05) is 19.2 Å². The van der Waals surface area contributed by atoms with Gasteiger partial charge in [0.25, 0.3) is 5.91 Å². The third-order valence-electron chi connectivity index (χ3n) is 3.57. The molecule has 1 fully saturated rings. The van der Waals surface area contributed by atoms with Crippen LogP contribution in [0.4, 0.5) is 0 Å². The summed E-state index contributed by atoms with van der Waals surface area (Å²) < 4.78 is 5.63. The molecule has 0 aliphatic carbocycles. The van der Waals surface area contributed by atoms with Crippen molar-refractivity contribution < 1.29 is 9.53 Å². The number of benzene rings is 1. The predicted molar refractivity (Wildman–Crippen MR) is 82.4 cm³/mol. The quantitative estimate of drug-likeness (QED) is 0.857. The van der Waals surface area contributed by atoms with Crippen LogP contribution < -0.4 is 5.73 Å². The fraction of sp³-hybridized carbons (Fsp3) is 0.471. The van der Waals surface area contributed by atoms with Gasteiger partial charge in [-0.15, -0.1) is 0 Å². The van der Waals surface area contributed by atoms with E-state index in [1.54, 1.807) is 4.90 Å². The van der Waals surface area contributed by atoms with Crippen molar-refractivity contribution in [1.29, 1.82) is 0 Å². The van der Waals surface area contributed by atoms with Crippen LogP contribution in [0.5, 0.6) is 0 Å². The molecule has 4 nitrogen and oxygen atoms in total. The number of nitrogens with two attached hydrogens (primary N) is 1. The van der Waals surface area contributed by atoms with Crippen LogP contribution in [-0.4, -0.2) is 36.6 Å². The number of carbonyl (C=O) groups is 1. The van der Waals surface area contributed by atoms with Crippen LogP contribution in [0.3, 0.4) is 0 Å². The molecule has 1 aromatic carbocycles. The Morgan fingerprint density at radius 1 is 1.48 bits per heavy atom. The molecule has 21 heavy (non-hydrogen) atoms. The number of likely N-dealkylation sites (N-methyl/N-ethyl adjacent to an activating group) is 1. The summed E-state index contributed by atoms with van der Waals surface area (Å²) >= 11 is 0. The summed E-state index contributed by atoms with van der Waals surface area (Å²) in [6, 6.07) is 7.87. The zero-order valence-corrected chi connectivity index (χ0v) is 12.6. The van der Waals surface area contributed by atoms with Crippen molar-refractivity contribution in [1.82, 2.24) is 4.90 Å². The summed E-state index contributed by atoms with van der Waals surface area (Å²) in [5, 5.41) is 0. The Morgan fingerprint density at radius 3 is 2.95 bits per heavy atom. The van der Waals surface area contributed by atoms with E-state index in [0.717, 1.165) is 24.0 Å². The number of ether oxygens (including phenoxy) is 1. The van der Waals surface area contributed by atoms with Crippen LogP contribution in [-0.2, 0) is 16.1 Å². The van der Waals surface area contributed by atoms with E-state index in [4.69, 9.17) is 10.5 Å². The van der Waals surface area contributed by atoms with E-state index in [2.05, 4.69) is 11.8 Å². The number of carbonyl (C=O) groups excluding carboxylic acids is 1. The van der Waals surface area contributed by atoms with Crippen LogP contribution in [0.25, 0.3) is 0 Å². The maximum absolute atomic E-state index is 12.3. The van der Waals surface area contributed by atoms with Gasteiger partial charge in [0.1, 0.15) is 6.10 Å². The van der Waals surface area contributed by atoms with Crippen LogP contribution in [0.15, 0.2) is 24.3 Å².